The van der Waals surface area contributed by atoms with E-state index in [2.05, 4.69) is 0 Å². The fourth-order valence-electron chi connectivity index (χ4n) is 7.54. The molecule has 3 fully saturated rings. The van der Waals surface area contributed by atoms with Crippen molar-refractivity contribution in [2.45, 2.75) is 55.9 Å². The topological polar surface area (TPSA) is 103 Å². The summed E-state index contributed by atoms with van der Waals surface area (Å²) in [6, 6.07) is 2.97. The van der Waals surface area contributed by atoms with Gasteiger partial charge in [-0.3, -0.25) is 4.79 Å². The minimum Gasteiger partial charge on any atom is -0.466 e. The van der Waals surface area contributed by atoms with Crippen molar-refractivity contribution in [3.05, 3.63) is 48.0 Å². The molecule has 0 radical (unpaired) electrons. The van der Waals surface area contributed by atoms with Crippen LogP contribution in [0.3, 0.4) is 0 Å². The highest BCUT2D eigenvalue weighted by molar-refractivity contribution is 6.25. The number of hydrogen-bond acceptors (Lipinski definition) is 7. The first-order chi connectivity index (χ1) is 16.5. The molecule has 3 unspecified atom stereocenters. The first-order valence-electron chi connectivity index (χ1n) is 11.8. The van der Waals surface area contributed by atoms with Gasteiger partial charge in [-0.15, -0.1) is 11.6 Å². The summed E-state index contributed by atoms with van der Waals surface area (Å²) in [6.45, 7) is 3.57. The molecule has 4 aliphatic rings. The van der Waals surface area contributed by atoms with Gasteiger partial charge in [-0.05, 0) is 61.0 Å². The van der Waals surface area contributed by atoms with E-state index in [0.717, 1.165) is 0 Å². The van der Waals surface area contributed by atoms with Crippen LogP contribution in [0.25, 0.3) is 0 Å². The van der Waals surface area contributed by atoms with Crippen LogP contribution in [0, 0.1) is 29.1 Å². The van der Waals surface area contributed by atoms with Crippen LogP contribution in [-0.4, -0.2) is 52.7 Å². The lowest BCUT2D eigenvalue weighted by Gasteiger charge is -2.60. The van der Waals surface area contributed by atoms with Gasteiger partial charge in [0, 0.05) is 17.3 Å². The van der Waals surface area contributed by atoms with Crippen molar-refractivity contribution in [2.24, 2.45) is 29.1 Å². The average molecular weight is 507 g/mol. The highest BCUT2D eigenvalue weighted by Crippen LogP contribution is 2.70. The van der Waals surface area contributed by atoms with Gasteiger partial charge in [0.05, 0.1) is 24.4 Å². The Morgan fingerprint density at radius 3 is 2.69 bits per heavy atom. The van der Waals surface area contributed by atoms with Crippen LogP contribution < -0.4 is 0 Å². The smallest absolute Gasteiger partial charge is 0.375 e. The van der Waals surface area contributed by atoms with Crippen molar-refractivity contribution in [2.75, 3.05) is 7.11 Å². The maximum absolute atomic E-state index is 15.5. The Morgan fingerprint density at radius 2 is 2.03 bits per heavy atom. The lowest BCUT2D eigenvalue weighted by molar-refractivity contribution is -0.197. The summed E-state index contributed by atoms with van der Waals surface area (Å²) in [4.78, 5) is 37.1. The van der Waals surface area contributed by atoms with E-state index in [9.17, 15) is 19.5 Å². The summed E-state index contributed by atoms with van der Waals surface area (Å²) in [7, 11) is 1.22. The second-order valence-corrected chi connectivity index (χ2v) is 11.1. The van der Waals surface area contributed by atoms with Gasteiger partial charge in [-0.2, -0.15) is 0 Å². The molecule has 3 saturated carbocycles. The molecular weight excluding hydrogens is 479 g/mol. The average Bonchev–Trinajstić information content (AvgIpc) is 3.43. The number of allylic oxidation sites excluding steroid dienone is 4. The third-order valence-corrected chi connectivity index (χ3v) is 9.80. The molecule has 9 heteroatoms. The van der Waals surface area contributed by atoms with Crippen LogP contribution in [0.15, 0.2) is 46.6 Å². The molecule has 1 aromatic rings. The van der Waals surface area contributed by atoms with Crippen molar-refractivity contribution in [1.82, 2.24) is 0 Å². The van der Waals surface area contributed by atoms with Gasteiger partial charge in [-0.1, -0.05) is 19.9 Å². The number of halogens is 2. The maximum Gasteiger partial charge on any atom is 0.375 e. The zero-order chi connectivity index (χ0) is 25.3. The number of aliphatic hydroxyl groups excluding tert-OH is 1. The molecule has 0 bridgehead atoms. The first-order valence-corrected chi connectivity index (χ1v) is 12.2. The quantitative estimate of drug-likeness (QED) is 0.491. The molecule has 0 spiro atoms. The molecule has 1 aromatic heterocycles. The van der Waals surface area contributed by atoms with Gasteiger partial charge >= 0.3 is 11.9 Å². The standard InChI is InChI=1S/C26H28ClFO7/c1-13-9-17-18-11-19(28)15-10-14(29)6-7-16(15)25(18,27)21(30)12-24(17,2)26(13,23(32)33-3)35-22(31)20-5-4-8-34-20/h4-8,10,13,16-19,21,30H,9,11-12H2,1-3H3/t13-,16?,17?,18?,19+,21+,24+,25+,26+/m1/s1. The van der Waals surface area contributed by atoms with E-state index in [4.69, 9.17) is 25.5 Å². The van der Waals surface area contributed by atoms with E-state index in [1.54, 1.807) is 19.9 Å². The molecule has 0 saturated heterocycles. The molecule has 1 heterocycles. The van der Waals surface area contributed by atoms with Gasteiger partial charge in [0.15, 0.2) is 5.78 Å². The van der Waals surface area contributed by atoms with E-state index in [-0.39, 0.29) is 35.9 Å². The Bertz CT molecular complexity index is 1130. The number of hydrogen-bond donors (Lipinski definition) is 1. The number of carbonyl (C=O) groups is 3. The van der Waals surface area contributed by atoms with Crippen molar-refractivity contribution in [3.63, 3.8) is 0 Å². The third-order valence-electron chi connectivity index (χ3n) is 9.04. The second-order valence-electron chi connectivity index (χ2n) is 10.5. The molecule has 0 amide bonds. The summed E-state index contributed by atoms with van der Waals surface area (Å²) >= 11 is 7.22. The lowest BCUT2D eigenvalue weighted by Crippen LogP contribution is -2.68. The Balaban J connectivity index is 1.61. The third kappa shape index (κ3) is 3.08. The number of fused-ring (bicyclic) bond motifs is 5. The van der Waals surface area contributed by atoms with Crippen molar-refractivity contribution < 1.29 is 37.8 Å². The molecule has 188 valence electrons. The number of ether oxygens (including phenoxy) is 2. The predicted molar refractivity (Wildman–Crippen MR) is 122 cm³/mol. The fourth-order valence-corrected chi connectivity index (χ4v) is 8.06. The number of alkyl halides is 2. The minimum absolute atomic E-state index is 0.0135. The molecule has 7 nitrogen and oxygen atoms in total. The normalized spacial score (nSPS) is 44.1. The SMILES string of the molecule is COC(=O)[C@@]1(OC(=O)c2ccco2)[C@H](C)CC2C3C[C@H](F)C4=CC(=O)C=CC4[C@@]3(Cl)[C@@H](O)C[C@@]21C. The van der Waals surface area contributed by atoms with Crippen molar-refractivity contribution in [3.8, 4) is 0 Å². The van der Waals surface area contributed by atoms with Crippen molar-refractivity contribution in [1.29, 1.82) is 0 Å². The van der Waals surface area contributed by atoms with E-state index < -0.39 is 57.9 Å². The van der Waals surface area contributed by atoms with E-state index in [1.165, 1.54) is 37.7 Å². The molecule has 1 N–H and O–H groups in total. The van der Waals surface area contributed by atoms with E-state index in [1.807, 2.05) is 0 Å². The molecule has 9 atom stereocenters. The van der Waals surface area contributed by atoms with Crippen LogP contribution in [0.2, 0.25) is 0 Å². The number of aliphatic hydroxyl groups is 1. The zero-order valence-electron chi connectivity index (χ0n) is 19.7. The van der Waals surface area contributed by atoms with Crippen molar-refractivity contribution >= 4 is 29.3 Å². The summed E-state index contributed by atoms with van der Waals surface area (Å²) < 4.78 is 31.8. The van der Waals surface area contributed by atoms with Crippen LogP contribution >= 0.6 is 11.6 Å². The molecule has 0 aromatic carbocycles. The summed E-state index contributed by atoms with van der Waals surface area (Å²) in [5.41, 5.74) is -2.56. The van der Waals surface area contributed by atoms with Gasteiger partial charge in [0.2, 0.25) is 11.4 Å². The first kappa shape index (κ1) is 24.3. The molecule has 35 heavy (non-hydrogen) atoms. The Kier molecular flexibility index (Phi) is 5.57. The molecule has 5 rings (SSSR count). The summed E-state index contributed by atoms with van der Waals surface area (Å²) in [5, 5.41) is 11.5. The number of carbonyl (C=O) groups excluding carboxylic acids is 3. The Labute approximate surface area is 207 Å². The number of esters is 2. The van der Waals surface area contributed by atoms with E-state index in [0.29, 0.717) is 6.42 Å². The molecule has 4 aliphatic carbocycles. The maximum atomic E-state index is 15.5. The molecule has 0 aliphatic heterocycles. The van der Waals surface area contributed by atoms with Gasteiger partial charge in [0.25, 0.3) is 0 Å². The van der Waals surface area contributed by atoms with Gasteiger partial charge < -0.3 is 19.0 Å². The summed E-state index contributed by atoms with van der Waals surface area (Å²) in [6.07, 6.45) is 3.35. The lowest BCUT2D eigenvalue weighted by atomic mass is 9.49. The van der Waals surface area contributed by atoms with Crippen LogP contribution in [0.5, 0.6) is 0 Å². The largest absolute Gasteiger partial charge is 0.466 e. The fraction of sp³-hybridized carbons (Fsp3) is 0.577. The molecular formula is C26H28ClFO7. The van der Waals surface area contributed by atoms with Crippen LogP contribution in [-0.2, 0) is 19.1 Å². The monoisotopic (exact) mass is 506 g/mol. The highest BCUT2D eigenvalue weighted by atomic mass is 35.5. The predicted octanol–water partition coefficient (Wildman–Crippen LogP) is 3.79. The number of rotatable bonds is 3. The second kappa shape index (κ2) is 8.03. The summed E-state index contributed by atoms with van der Waals surface area (Å²) in [5.74, 6) is -4.02. The Hall–Kier alpha value is -2.45. The van der Waals surface area contributed by atoms with E-state index >= 15 is 4.39 Å². The number of furan rings is 1. The zero-order valence-corrected chi connectivity index (χ0v) is 20.5. The number of methoxy groups -OCH3 is 1. The minimum atomic E-state index is -1.74. The van der Waals surface area contributed by atoms with Crippen LogP contribution in [0.4, 0.5) is 4.39 Å². The van der Waals surface area contributed by atoms with Crippen LogP contribution in [0.1, 0.15) is 43.7 Å². The van der Waals surface area contributed by atoms with Gasteiger partial charge in [0.1, 0.15) is 6.17 Å². The highest BCUT2D eigenvalue weighted by Gasteiger charge is 2.76. The number of ketones is 1. The Morgan fingerprint density at radius 1 is 1.29 bits per heavy atom. The van der Waals surface area contributed by atoms with Gasteiger partial charge in [-0.25, -0.2) is 14.0 Å².